The molecule has 1 saturated heterocycles. The first-order valence-electron chi connectivity index (χ1n) is 7.13. The lowest BCUT2D eigenvalue weighted by Crippen LogP contribution is -2.38. The molecule has 0 saturated carbocycles. The largest absolute Gasteiger partial charge is 0.479 e. The van der Waals surface area contributed by atoms with Crippen LogP contribution in [0.25, 0.3) is 0 Å². The molecule has 0 aromatic heterocycles. The Bertz CT molecular complexity index is 775. The number of amides is 1. The number of nitrogens with zero attached hydrogens (tertiary/aromatic N) is 1. The van der Waals surface area contributed by atoms with Gasteiger partial charge in [-0.25, -0.2) is 18.4 Å². The summed E-state index contributed by atoms with van der Waals surface area (Å²) >= 11 is 0. The van der Waals surface area contributed by atoms with Crippen molar-refractivity contribution < 1.29 is 27.9 Å². The molecule has 2 heterocycles. The third-order valence-electron chi connectivity index (χ3n) is 4.12. The molecule has 0 aliphatic carbocycles. The van der Waals surface area contributed by atoms with E-state index in [1.165, 1.54) is 17.0 Å². The maximum Gasteiger partial charge on any atom is 0.332 e. The number of carbonyl (C=O) groups is 2. The summed E-state index contributed by atoms with van der Waals surface area (Å²) in [6.07, 6.45) is -0.580. The molecule has 3 rings (SSSR count). The zero-order chi connectivity index (χ0) is 16.8. The zero-order valence-corrected chi connectivity index (χ0v) is 13.0. The Balaban J connectivity index is 1.85. The standard InChI is InChI=1S/C14H16N2O6S/c15-23(20,21)9-2-1-8-5-6-16(10(8)7-9)13(17)11-3-4-12(22-11)14(18)19/h1-2,7,11-12H,3-6H2,(H,18,19)(H2,15,20,21)/t11-,12+/m0/s1. The fourth-order valence-corrected chi connectivity index (χ4v) is 3.47. The average Bonchev–Trinajstić information content (AvgIpc) is 3.12. The quantitative estimate of drug-likeness (QED) is 0.788. The summed E-state index contributed by atoms with van der Waals surface area (Å²) in [5.41, 5.74) is 1.34. The highest BCUT2D eigenvalue weighted by molar-refractivity contribution is 7.89. The van der Waals surface area contributed by atoms with Gasteiger partial charge in [-0.3, -0.25) is 4.79 Å². The molecule has 1 aromatic rings. The van der Waals surface area contributed by atoms with Gasteiger partial charge in [-0.1, -0.05) is 6.07 Å². The minimum atomic E-state index is -3.86. The van der Waals surface area contributed by atoms with Crippen LogP contribution in [0.4, 0.5) is 5.69 Å². The molecule has 0 radical (unpaired) electrons. The van der Waals surface area contributed by atoms with Crippen LogP contribution in [0.1, 0.15) is 18.4 Å². The van der Waals surface area contributed by atoms with E-state index < -0.39 is 28.2 Å². The van der Waals surface area contributed by atoms with Crippen LogP contribution >= 0.6 is 0 Å². The van der Waals surface area contributed by atoms with Crippen molar-refractivity contribution in [2.75, 3.05) is 11.4 Å². The van der Waals surface area contributed by atoms with Gasteiger partial charge in [0.25, 0.3) is 5.91 Å². The molecule has 2 aliphatic heterocycles. The van der Waals surface area contributed by atoms with E-state index in [4.69, 9.17) is 15.0 Å². The Labute approximate surface area is 132 Å². The lowest BCUT2D eigenvalue weighted by Gasteiger charge is -2.21. The number of anilines is 1. The highest BCUT2D eigenvalue weighted by atomic mass is 32.2. The summed E-state index contributed by atoms with van der Waals surface area (Å²) in [7, 11) is -3.86. The van der Waals surface area contributed by atoms with Crippen LogP contribution in [0, 0.1) is 0 Å². The van der Waals surface area contributed by atoms with Gasteiger partial charge in [0.2, 0.25) is 10.0 Å². The summed E-state index contributed by atoms with van der Waals surface area (Å²) in [5, 5.41) is 14.1. The average molecular weight is 340 g/mol. The van der Waals surface area contributed by atoms with Crippen LogP contribution in [0.15, 0.2) is 23.1 Å². The molecule has 0 bridgehead atoms. The maximum atomic E-state index is 12.6. The molecule has 23 heavy (non-hydrogen) atoms. The van der Waals surface area contributed by atoms with E-state index in [1.54, 1.807) is 6.07 Å². The fourth-order valence-electron chi connectivity index (χ4n) is 2.94. The van der Waals surface area contributed by atoms with Gasteiger partial charge in [-0.05, 0) is 37.0 Å². The smallest absolute Gasteiger partial charge is 0.332 e. The molecular weight excluding hydrogens is 324 g/mol. The van der Waals surface area contributed by atoms with E-state index in [1.807, 2.05) is 0 Å². The number of aliphatic carboxylic acids is 1. The summed E-state index contributed by atoms with van der Waals surface area (Å²) in [4.78, 5) is 24.9. The first kappa shape index (κ1) is 15.9. The Kier molecular flexibility index (Phi) is 3.86. The van der Waals surface area contributed by atoms with Crippen LogP contribution in [0.5, 0.6) is 0 Å². The SMILES string of the molecule is NS(=O)(=O)c1ccc2c(c1)N(C(=O)[C@@H]1CC[C@H](C(=O)O)O1)CC2. The van der Waals surface area contributed by atoms with Gasteiger partial charge in [0.05, 0.1) is 4.90 Å². The number of sulfonamides is 1. The van der Waals surface area contributed by atoms with Gasteiger partial charge < -0.3 is 14.7 Å². The number of fused-ring (bicyclic) bond motifs is 1. The zero-order valence-electron chi connectivity index (χ0n) is 12.1. The van der Waals surface area contributed by atoms with Crippen LogP contribution in [0.2, 0.25) is 0 Å². The lowest BCUT2D eigenvalue weighted by atomic mass is 10.1. The Morgan fingerprint density at radius 2 is 1.96 bits per heavy atom. The molecule has 1 aromatic carbocycles. The number of carbonyl (C=O) groups excluding carboxylic acids is 1. The number of primary sulfonamides is 1. The minimum absolute atomic E-state index is 0.0632. The molecular formula is C14H16N2O6S. The van der Waals surface area contributed by atoms with E-state index in [0.29, 0.717) is 25.1 Å². The number of rotatable bonds is 3. The summed E-state index contributed by atoms with van der Waals surface area (Å²) < 4.78 is 28.2. The highest BCUT2D eigenvalue weighted by Crippen LogP contribution is 2.32. The topological polar surface area (TPSA) is 127 Å². The van der Waals surface area contributed by atoms with Crippen molar-refractivity contribution in [3.05, 3.63) is 23.8 Å². The van der Waals surface area contributed by atoms with Gasteiger partial charge in [0, 0.05) is 12.2 Å². The number of ether oxygens (including phenoxy) is 1. The first-order valence-corrected chi connectivity index (χ1v) is 8.67. The number of carboxylic acid groups (broad SMARTS) is 1. The Hall–Kier alpha value is -1.97. The summed E-state index contributed by atoms with van der Waals surface area (Å²) in [6, 6.07) is 4.42. The number of hydrogen-bond donors (Lipinski definition) is 2. The van der Waals surface area contributed by atoms with Crippen LogP contribution < -0.4 is 10.0 Å². The number of carboxylic acids is 1. The van der Waals surface area contributed by atoms with Crippen LogP contribution in [-0.2, 0) is 30.8 Å². The van der Waals surface area contributed by atoms with E-state index in [-0.39, 0.29) is 17.2 Å². The van der Waals surface area contributed by atoms with Crippen molar-refractivity contribution in [2.45, 2.75) is 36.4 Å². The molecule has 3 N–H and O–H groups in total. The number of hydrogen-bond acceptors (Lipinski definition) is 5. The van der Waals surface area contributed by atoms with E-state index in [2.05, 4.69) is 0 Å². The van der Waals surface area contributed by atoms with E-state index in [9.17, 15) is 18.0 Å². The number of benzene rings is 1. The van der Waals surface area contributed by atoms with Crippen molar-refractivity contribution in [2.24, 2.45) is 5.14 Å². The molecule has 2 aliphatic rings. The second-order valence-electron chi connectivity index (χ2n) is 5.60. The molecule has 124 valence electrons. The second kappa shape index (κ2) is 5.59. The van der Waals surface area contributed by atoms with Crippen molar-refractivity contribution in [1.82, 2.24) is 0 Å². The Morgan fingerprint density at radius 3 is 2.57 bits per heavy atom. The predicted molar refractivity (Wildman–Crippen MR) is 79.4 cm³/mol. The normalized spacial score (nSPS) is 23.8. The van der Waals surface area contributed by atoms with Crippen molar-refractivity contribution in [3.63, 3.8) is 0 Å². The highest BCUT2D eigenvalue weighted by Gasteiger charge is 2.38. The predicted octanol–water partition coefficient (Wildman–Crippen LogP) is -0.145. The lowest BCUT2D eigenvalue weighted by molar-refractivity contribution is -0.151. The maximum absolute atomic E-state index is 12.6. The van der Waals surface area contributed by atoms with Crippen LogP contribution in [-0.4, -0.2) is 44.2 Å². The molecule has 2 atom stereocenters. The molecule has 0 unspecified atom stereocenters. The molecule has 8 nitrogen and oxygen atoms in total. The third kappa shape index (κ3) is 2.94. The van der Waals surface area contributed by atoms with Gasteiger partial charge >= 0.3 is 5.97 Å². The molecule has 0 spiro atoms. The monoisotopic (exact) mass is 340 g/mol. The van der Waals surface area contributed by atoms with Crippen molar-refractivity contribution in [1.29, 1.82) is 0 Å². The minimum Gasteiger partial charge on any atom is -0.479 e. The molecule has 1 fully saturated rings. The second-order valence-corrected chi connectivity index (χ2v) is 7.17. The third-order valence-corrected chi connectivity index (χ3v) is 5.03. The van der Waals surface area contributed by atoms with Gasteiger partial charge in [0.1, 0.15) is 6.10 Å². The first-order chi connectivity index (χ1) is 10.8. The molecule has 9 heteroatoms. The van der Waals surface area contributed by atoms with Gasteiger partial charge in [-0.15, -0.1) is 0 Å². The fraction of sp³-hybridized carbons (Fsp3) is 0.429. The van der Waals surface area contributed by atoms with E-state index >= 15 is 0 Å². The van der Waals surface area contributed by atoms with Crippen molar-refractivity contribution >= 4 is 27.6 Å². The van der Waals surface area contributed by atoms with Crippen molar-refractivity contribution in [3.8, 4) is 0 Å². The van der Waals surface area contributed by atoms with Gasteiger partial charge in [-0.2, -0.15) is 0 Å². The van der Waals surface area contributed by atoms with Crippen LogP contribution in [0.3, 0.4) is 0 Å². The van der Waals surface area contributed by atoms with E-state index in [0.717, 1.165) is 5.56 Å². The summed E-state index contributed by atoms with van der Waals surface area (Å²) in [5.74, 6) is -1.43. The van der Waals surface area contributed by atoms with Gasteiger partial charge in [0.15, 0.2) is 6.10 Å². The molecule has 1 amide bonds. The number of nitrogens with two attached hydrogens (primary N) is 1. The Morgan fingerprint density at radius 1 is 1.26 bits per heavy atom. The summed E-state index contributed by atoms with van der Waals surface area (Å²) in [6.45, 7) is 0.403.